The molecule has 2 atom stereocenters. The molecule has 2 rings (SSSR count). The molecule has 0 radical (unpaired) electrons. The maximum Gasteiger partial charge on any atom is 0.315 e. The lowest BCUT2D eigenvalue weighted by atomic mass is 10.1. The molecule has 2 N–H and O–H groups in total. The third-order valence-corrected chi connectivity index (χ3v) is 4.91. The molecule has 0 spiro atoms. The zero-order chi connectivity index (χ0) is 14.8. The number of nitrogens with zero attached hydrogens (tertiary/aromatic N) is 1. The number of aromatic nitrogens is 1. The molecule has 2 heterocycles. The Kier molecular flexibility index (Phi) is 4.22. The summed E-state index contributed by atoms with van der Waals surface area (Å²) in [6, 6.07) is 0.0377. The summed E-state index contributed by atoms with van der Waals surface area (Å²) in [4.78, 5) is 15.5. The molecule has 20 heavy (non-hydrogen) atoms. The van der Waals surface area contributed by atoms with Crippen molar-refractivity contribution in [3.05, 3.63) is 29.8 Å². The van der Waals surface area contributed by atoms with E-state index in [1.807, 2.05) is 0 Å². The molecular weight excluding hydrogens is 285 g/mol. The second-order valence-electron chi connectivity index (χ2n) is 4.88. The first kappa shape index (κ1) is 14.7. The molecular formula is C12H16FN3O3S. The quantitative estimate of drug-likeness (QED) is 0.863. The Morgan fingerprint density at radius 1 is 1.50 bits per heavy atom. The summed E-state index contributed by atoms with van der Waals surface area (Å²) >= 11 is 0. The molecule has 1 aliphatic heterocycles. The maximum absolute atomic E-state index is 13.0. The van der Waals surface area contributed by atoms with Gasteiger partial charge in [-0.25, -0.2) is 17.6 Å². The van der Waals surface area contributed by atoms with Crippen LogP contribution in [0.3, 0.4) is 0 Å². The summed E-state index contributed by atoms with van der Waals surface area (Å²) in [5.74, 6) is -0.407. The van der Waals surface area contributed by atoms with Crippen molar-refractivity contribution >= 4 is 15.9 Å². The average molecular weight is 301 g/mol. The molecule has 0 saturated carbocycles. The lowest BCUT2D eigenvalue weighted by Gasteiger charge is -2.17. The van der Waals surface area contributed by atoms with E-state index in [4.69, 9.17) is 0 Å². The van der Waals surface area contributed by atoms with Gasteiger partial charge in [0, 0.05) is 12.2 Å². The number of rotatable bonds is 3. The first-order valence-electron chi connectivity index (χ1n) is 6.23. The zero-order valence-electron chi connectivity index (χ0n) is 11.0. The molecule has 1 aromatic heterocycles. The number of urea groups is 1. The Morgan fingerprint density at radius 2 is 2.25 bits per heavy atom. The third-order valence-electron chi connectivity index (χ3n) is 3.14. The largest absolute Gasteiger partial charge is 0.334 e. The van der Waals surface area contributed by atoms with Gasteiger partial charge in [-0.3, -0.25) is 4.98 Å². The molecule has 0 aliphatic carbocycles. The van der Waals surface area contributed by atoms with Crippen LogP contribution in [0.1, 0.15) is 24.9 Å². The highest BCUT2D eigenvalue weighted by molar-refractivity contribution is 7.91. The van der Waals surface area contributed by atoms with E-state index in [-0.39, 0.29) is 17.5 Å². The van der Waals surface area contributed by atoms with Gasteiger partial charge in [-0.15, -0.1) is 0 Å². The van der Waals surface area contributed by atoms with Crippen LogP contribution in [0, 0.1) is 5.82 Å². The van der Waals surface area contributed by atoms with E-state index in [0.717, 1.165) is 6.20 Å². The standard InChI is InChI=1S/C12H16FN3O3S/c1-8(9-4-10(13)6-14-5-9)15-12(17)16-11-2-3-20(18,19)7-11/h4-6,8,11H,2-3,7H2,1H3,(H2,15,16,17)/t8-,11?/m0/s1. The fourth-order valence-corrected chi connectivity index (χ4v) is 3.75. The monoisotopic (exact) mass is 301 g/mol. The minimum absolute atomic E-state index is 0.0314. The Labute approximate surface area is 116 Å². The van der Waals surface area contributed by atoms with Crippen LogP contribution in [0.4, 0.5) is 9.18 Å². The van der Waals surface area contributed by atoms with Crippen LogP contribution >= 0.6 is 0 Å². The average Bonchev–Trinajstić information content (AvgIpc) is 2.68. The topological polar surface area (TPSA) is 88.2 Å². The fourth-order valence-electron chi connectivity index (χ4n) is 2.08. The molecule has 2 amide bonds. The highest BCUT2D eigenvalue weighted by Crippen LogP contribution is 2.13. The first-order chi connectivity index (χ1) is 9.35. The Bertz CT molecular complexity index is 606. The molecule has 1 aliphatic rings. The van der Waals surface area contributed by atoms with Crippen LogP contribution in [0.25, 0.3) is 0 Å². The predicted octanol–water partition coefficient (Wildman–Crippen LogP) is 0.768. The van der Waals surface area contributed by atoms with Crippen LogP contribution < -0.4 is 10.6 Å². The smallest absolute Gasteiger partial charge is 0.315 e. The first-order valence-corrected chi connectivity index (χ1v) is 8.06. The van der Waals surface area contributed by atoms with Crippen molar-refractivity contribution in [3.8, 4) is 0 Å². The molecule has 6 nitrogen and oxygen atoms in total. The number of hydrogen-bond donors (Lipinski definition) is 2. The zero-order valence-corrected chi connectivity index (χ0v) is 11.8. The van der Waals surface area contributed by atoms with Crippen molar-refractivity contribution in [2.75, 3.05) is 11.5 Å². The molecule has 0 aromatic carbocycles. The SMILES string of the molecule is C[C@H](NC(=O)NC1CCS(=O)(=O)C1)c1cncc(F)c1. The lowest BCUT2D eigenvalue weighted by molar-refractivity contribution is 0.235. The summed E-state index contributed by atoms with van der Waals surface area (Å²) in [6.45, 7) is 1.70. The van der Waals surface area contributed by atoms with Crippen molar-refractivity contribution in [1.82, 2.24) is 15.6 Å². The molecule has 1 saturated heterocycles. The second-order valence-corrected chi connectivity index (χ2v) is 7.10. The minimum Gasteiger partial charge on any atom is -0.334 e. The van der Waals surface area contributed by atoms with E-state index in [1.165, 1.54) is 12.3 Å². The minimum atomic E-state index is -3.03. The highest BCUT2D eigenvalue weighted by Gasteiger charge is 2.29. The maximum atomic E-state index is 13.0. The molecule has 0 bridgehead atoms. The summed E-state index contributed by atoms with van der Waals surface area (Å²) in [6.07, 6.45) is 2.97. The Morgan fingerprint density at radius 3 is 2.85 bits per heavy atom. The van der Waals surface area contributed by atoms with Gasteiger partial charge in [-0.2, -0.15) is 0 Å². The van der Waals surface area contributed by atoms with Gasteiger partial charge in [0.25, 0.3) is 0 Å². The van der Waals surface area contributed by atoms with Crippen molar-refractivity contribution in [1.29, 1.82) is 0 Å². The van der Waals surface area contributed by atoms with Gasteiger partial charge in [0.1, 0.15) is 5.82 Å². The van der Waals surface area contributed by atoms with E-state index in [9.17, 15) is 17.6 Å². The summed E-state index contributed by atoms with van der Waals surface area (Å²) in [7, 11) is -3.03. The van der Waals surface area contributed by atoms with E-state index >= 15 is 0 Å². The van der Waals surface area contributed by atoms with Crippen LogP contribution in [0.15, 0.2) is 18.5 Å². The van der Waals surface area contributed by atoms with Crippen LogP contribution in [-0.2, 0) is 9.84 Å². The Balaban J connectivity index is 1.88. The van der Waals surface area contributed by atoms with Gasteiger partial charge in [-0.1, -0.05) is 0 Å². The highest BCUT2D eigenvalue weighted by atomic mass is 32.2. The van der Waals surface area contributed by atoms with E-state index < -0.39 is 27.7 Å². The lowest BCUT2D eigenvalue weighted by Crippen LogP contribution is -2.43. The van der Waals surface area contributed by atoms with Crippen molar-refractivity contribution in [3.63, 3.8) is 0 Å². The van der Waals surface area contributed by atoms with Crippen LogP contribution in [0.2, 0.25) is 0 Å². The van der Waals surface area contributed by atoms with Crippen molar-refractivity contribution < 1.29 is 17.6 Å². The van der Waals surface area contributed by atoms with E-state index in [1.54, 1.807) is 6.92 Å². The van der Waals surface area contributed by atoms with Crippen LogP contribution in [-0.4, -0.2) is 37.0 Å². The predicted molar refractivity (Wildman–Crippen MR) is 71.3 cm³/mol. The van der Waals surface area contributed by atoms with Crippen LogP contribution in [0.5, 0.6) is 0 Å². The van der Waals surface area contributed by atoms with Gasteiger partial charge in [0.15, 0.2) is 9.84 Å². The van der Waals surface area contributed by atoms with Gasteiger partial charge in [0.05, 0.1) is 23.7 Å². The van der Waals surface area contributed by atoms with E-state index in [0.29, 0.717) is 12.0 Å². The number of sulfone groups is 1. The van der Waals surface area contributed by atoms with Gasteiger partial charge in [0.2, 0.25) is 0 Å². The number of halogens is 1. The molecule has 1 fully saturated rings. The van der Waals surface area contributed by atoms with Gasteiger partial charge >= 0.3 is 6.03 Å². The number of hydrogen-bond acceptors (Lipinski definition) is 4. The second kappa shape index (κ2) is 5.74. The normalized spacial score (nSPS) is 22.2. The van der Waals surface area contributed by atoms with E-state index in [2.05, 4.69) is 15.6 Å². The number of amides is 2. The van der Waals surface area contributed by atoms with Gasteiger partial charge < -0.3 is 10.6 Å². The summed E-state index contributed by atoms with van der Waals surface area (Å²) in [5.41, 5.74) is 0.541. The number of pyridine rings is 1. The fraction of sp³-hybridized carbons (Fsp3) is 0.500. The van der Waals surface area contributed by atoms with Gasteiger partial charge in [-0.05, 0) is 25.0 Å². The molecule has 8 heteroatoms. The number of carbonyl (C=O) groups excluding carboxylic acids is 1. The van der Waals surface area contributed by atoms with Crippen molar-refractivity contribution in [2.24, 2.45) is 0 Å². The molecule has 110 valence electrons. The molecule has 1 unspecified atom stereocenters. The number of nitrogens with one attached hydrogen (secondary N) is 2. The van der Waals surface area contributed by atoms with Crippen molar-refractivity contribution in [2.45, 2.75) is 25.4 Å². The number of carbonyl (C=O) groups is 1. The third kappa shape index (κ3) is 3.89. The summed E-state index contributed by atoms with van der Waals surface area (Å²) in [5, 5.41) is 5.23. The summed E-state index contributed by atoms with van der Waals surface area (Å²) < 4.78 is 35.6. The molecule has 1 aromatic rings. The Hall–Kier alpha value is -1.70.